The standard InChI is InChI=1S/C17H19N3O3/c1-18-17(22)12-3-5-14(6-4-12)20-16(21)11-19-13-7-9-15(23-2)10-8-13/h3-10,19H,11H2,1-2H3,(H,18,22)(H,20,21). The third kappa shape index (κ3) is 4.74. The van der Waals surface area contributed by atoms with Crippen molar-refractivity contribution in [1.29, 1.82) is 0 Å². The maximum absolute atomic E-state index is 11.9. The lowest BCUT2D eigenvalue weighted by Gasteiger charge is -2.09. The molecule has 0 unspecified atom stereocenters. The molecule has 3 N–H and O–H groups in total. The molecule has 23 heavy (non-hydrogen) atoms. The van der Waals surface area contributed by atoms with E-state index in [0.29, 0.717) is 11.3 Å². The Kier molecular flexibility index (Phi) is 5.57. The molecule has 0 fully saturated rings. The number of ether oxygens (including phenoxy) is 1. The molecule has 0 spiro atoms. The Hall–Kier alpha value is -3.02. The highest BCUT2D eigenvalue weighted by molar-refractivity contribution is 5.96. The second-order valence-corrected chi connectivity index (χ2v) is 4.79. The molecule has 2 amide bonds. The van der Waals surface area contributed by atoms with Crippen LogP contribution in [-0.4, -0.2) is 32.5 Å². The smallest absolute Gasteiger partial charge is 0.251 e. The minimum absolute atomic E-state index is 0.142. The van der Waals surface area contributed by atoms with Crippen molar-refractivity contribution < 1.29 is 14.3 Å². The van der Waals surface area contributed by atoms with Crippen LogP contribution in [0.15, 0.2) is 48.5 Å². The topological polar surface area (TPSA) is 79.5 Å². The molecule has 0 atom stereocenters. The average molecular weight is 313 g/mol. The van der Waals surface area contributed by atoms with Gasteiger partial charge in [0.05, 0.1) is 13.7 Å². The van der Waals surface area contributed by atoms with Crippen molar-refractivity contribution in [2.45, 2.75) is 0 Å². The van der Waals surface area contributed by atoms with E-state index in [0.717, 1.165) is 11.4 Å². The van der Waals surface area contributed by atoms with Crippen LogP contribution in [-0.2, 0) is 4.79 Å². The van der Waals surface area contributed by atoms with Gasteiger partial charge in [0.15, 0.2) is 0 Å². The van der Waals surface area contributed by atoms with Gasteiger partial charge in [0.2, 0.25) is 5.91 Å². The molecule has 0 aliphatic rings. The first-order valence-corrected chi connectivity index (χ1v) is 7.12. The number of nitrogens with one attached hydrogen (secondary N) is 3. The number of benzene rings is 2. The van der Waals surface area contributed by atoms with E-state index in [1.807, 2.05) is 24.3 Å². The maximum Gasteiger partial charge on any atom is 0.251 e. The van der Waals surface area contributed by atoms with E-state index >= 15 is 0 Å². The van der Waals surface area contributed by atoms with Crippen LogP contribution in [0.3, 0.4) is 0 Å². The van der Waals surface area contributed by atoms with Crippen LogP contribution in [0.1, 0.15) is 10.4 Å². The molecule has 0 saturated heterocycles. The van der Waals surface area contributed by atoms with E-state index in [1.165, 1.54) is 0 Å². The van der Waals surface area contributed by atoms with E-state index in [-0.39, 0.29) is 18.4 Å². The first-order valence-electron chi connectivity index (χ1n) is 7.12. The van der Waals surface area contributed by atoms with Crippen molar-refractivity contribution in [3.05, 3.63) is 54.1 Å². The van der Waals surface area contributed by atoms with E-state index in [2.05, 4.69) is 16.0 Å². The predicted octanol–water partition coefficient (Wildman–Crippen LogP) is 2.11. The number of hydrogen-bond donors (Lipinski definition) is 3. The Balaban J connectivity index is 1.85. The molecule has 6 nitrogen and oxygen atoms in total. The zero-order chi connectivity index (χ0) is 16.7. The van der Waals surface area contributed by atoms with Crippen LogP contribution >= 0.6 is 0 Å². The number of hydrogen-bond acceptors (Lipinski definition) is 4. The number of rotatable bonds is 6. The number of carbonyl (C=O) groups is 2. The molecule has 2 aromatic carbocycles. The molecule has 2 rings (SSSR count). The molecule has 120 valence electrons. The molecular formula is C17H19N3O3. The lowest BCUT2D eigenvalue weighted by molar-refractivity contribution is -0.114. The summed E-state index contributed by atoms with van der Waals surface area (Å²) >= 11 is 0. The molecule has 6 heteroatoms. The monoisotopic (exact) mass is 313 g/mol. The Bertz CT molecular complexity index is 666. The summed E-state index contributed by atoms with van der Waals surface area (Å²) in [4.78, 5) is 23.3. The minimum Gasteiger partial charge on any atom is -0.497 e. The SMILES string of the molecule is CNC(=O)c1ccc(NC(=O)CNc2ccc(OC)cc2)cc1. The second-order valence-electron chi connectivity index (χ2n) is 4.79. The summed E-state index contributed by atoms with van der Waals surface area (Å²) in [5.41, 5.74) is 2.01. The van der Waals surface area contributed by atoms with Crippen LogP contribution < -0.4 is 20.7 Å². The Morgan fingerprint density at radius 3 is 2.13 bits per heavy atom. The van der Waals surface area contributed by atoms with Crippen molar-refractivity contribution in [3.63, 3.8) is 0 Å². The fraction of sp³-hybridized carbons (Fsp3) is 0.176. The third-order valence-electron chi connectivity index (χ3n) is 3.20. The van der Waals surface area contributed by atoms with Crippen molar-refractivity contribution in [3.8, 4) is 5.75 Å². The fourth-order valence-corrected chi connectivity index (χ4v) is 1.95. The van der Waals surface area contributed by atoms with E-state index in [9.17, 15) is 9.59 Å². The summed E-state index contributed by atoms with van der Waals surface area (Å²) in [6.45, 7) is 0.142. The van der Waals surface area contributed by atoms with Gasteiger partial charge in [-0.2, -0.15) is 0 Å². The minimum atomic E-state index is -0.173. The normalized spacial score (nSPS) is 9.83. The fourth-order valence-electron chi connectivity index (χ4n) is 1.95. The highest BCUT2D eigenvalue weighted by Crippen LogP contribution is 2.15. The van der Waals surface area contributed by atoms with E-state index in [1.54, 1.807) is 38.4 Å². The number of carbonyl (C=O) groups excluding carboxylic acids is 2. The third-order valence-corrected chi connectivity index (χ3v) is 3.20. The van der Waals surface area contributed by atoms with Crippen molar-refractivity contribution in [1.82, 2.24) is 5.32 Å². The van der Waals surface area contributed by atoms with Crippen LogP contribution in [0.4, 0.5) is 11.4 Å². The van der Waals surface area contributed by atoms with Crippen LogP contribution in [0.25, 0.3) is 0 Å². The lowest BCUT2D eigenvalue weighted by Crippen LogP contribution is -2.22. The molecule has 0 bridgehead atoms. The van der Waals surface area contributed by atoms with Crippen LogP contribution in [0, 0.1) is 0 Å². The van der Waals surface area contributed by atoms with E-state index < -0.39 is 0 Å². The molecule has 0 aliphatic heterocycles. The Labute approximate surface area is 134 Å². The number of methoxy groups -OCH3 is 1. The van der Waals surface area contributed by atoms with Gasteiger partial charge in [-0.1, -0.05) is 0 Å². The zero-order valence-corrected chi connectivity index (χ0v) is 13.1. The summed E-state index contributed by atoms with van der Waals surface area (Å²) in [6.07, 6.45) is 0. The molecule has 0 saturated carbocycles. The van der Waals surface area contributed by atoms with Crippen molar-refractivity contribution >= 4 is 23.2 Å². The lowest BCUT2D eigenvalue weighted by atomic mass is 10.2. The Morgan fingerprint density at radius 2 is 1.57 bits per heavy atom. The highest BCUT2D eigenvalue weighted by atomic mass is 16.5. The van der Waals surface area contributed by atoms with Gasteiger partial charge in [0.25, 0.3) is 5.91 Å². The summed E-state index contributed by atoms with van der Waals surface area (Å²) in [6, 6.07) is 14.0. The van der Waals surface area contributed by atoms with Gasteiger partial charge in [-0.05, 0) is 48.5 Å². The first-order chi connectivity index (χ1) is 11.1. The highest BCUT2D eigenvalue weighted by Gasteiger charge is 2.05. The summed E-state index contributed by atoms with van der Waals surface area (Å²) < 4.78 is 5.07. The molecular weight excluding hydrogens is 294 g/mol. The largest absolute Gasteiger partial charge is 0.497 e. The molecule has 2 aromatic rings. The van der Waals surface area contributed by atoms with Crippen LogP contribution in [0.2, 0.25) is 0 Å². The zero-order valence-electron chi connectivity index (χ0n) is 13.1. The van der Waals surface area contributed by atoms with Gasteiger partial charge in [-0.15, -0.1) is 0 Å². The van der Waals surface area contributed by atoms with Crippen molar-refractivity contribution in [2.24, 2.45) is 0 Å². The second kappa shape index (κ2) is 7.84. The maximum atomic E-state index is 11.9. The van der Waals surface area contributed by atoms with Gasteiger partial charge < -0.3 is 20.7 Å². The van der Waals surface area contributed by atoms with Gasteiger partial charge in [0, 0.05) is 24.0 Å². The van der Waals surface area contributed by atoms with E-state index in [4.69, 9.17) is 4.74 Å². The quantitative estimate of drug-likeness (QED) is 0.763. The predicted molar refractivity (Wildman–Crippen MR) is 89.9 cm³/mol. The van der Waals surface area contributed by atoms with Gasteiger partial charge in [-0.3, -0.25) is 9.59 Å². The van der Waals surface area contributed by atoms with Crippen molar-refractivity contribution in [2.75, 3.05) is 31.3 Å². The summed E-state index contributed by atoms with van der Waals surface area (Å²) in [5, 5.41) is 8.33. The molecule has 0 aromatic heterocycles. The van der Waals surface area contributed by atoms with Gasteiger partial charge in [0.1, 0.15) is 5.75 Å². The Morgan fingerprint density at radius 1 is 0.957 bits per heavy atom. The summed E-state index contributed by atoms with van der Waals surface area (Å²) in [5.74, 6) is 0.425. The molecule has 0 heterocycles. The van der Waals surface area contributed by atoms with Gasteiger partial charge in [-0.25, -0.2) is 0 Å². The molecule has 0 radical (unpaired) electrons. The average Bonchev–Trinajstić information content (AvgIpc) is 2.60. The number of amides is 2. The van der Waals surface area contributed by atoms with Crippen LogP contribution in [0.5, 0.6) is 5.75 Å². The summed E-state index contributed by atoms with van der Waals surface area (Å²) in [7, 11) is 3.17. The van der Waals surface area contributed by atoms with Gasteiger partial charge >= 0.3 is 0 Å². The number of anilines is 2. The first kappa shape index (κ1) is 16.4. The molecule has 0 aliphatic carbocycles.